The van der Waals surface area contributed by atoms with E-state index in [0.717, 1.165) is 30.4 Å². The standard InChI is InChI=1S/C18H20N2O2/c1-19-18(21)15-3-2-14-4-5-17(11-16(14)10-15)22-12-13-6-8-20-9-7-13/h2-3,6-10,17H,4-5,11-12H2,1H3,(H,19,21). The Labute approximate surface area is 130 Å². The highest BCUT2D eigenvalue weighted by atomic mass is 16.5. The van der Waals surface area contributed by atoms with Crippen LogP contribution in [0, 0.1) is 0 Å². The first kappa shape index (κ1) is 14.7. The van der Waals surface area contributed by atoms with Crippen LogP contribution in [0.3, 0.4) is 0 Å². The van der Waals surface area contributed by atoms with Crippen molar-refractivity contribution in [1.29, 1.82) is 0 Å². The second-order valence-corrected chi connectivity index (χ2v) is 5.59. The number of carbonyl (C=O) groups excluding carboxylic acids is 1. The van der Waals surface area contributed by atoms with Gasteiger partial charge in [0.05, 0.1) is 12.7 Å². The normalized spacial score (nSPS) is 16.9. The molecule has 1 aliphatic carbocycles. The summed E-state index contributed by atoms with van der Waals surface area (Å²) in [5.74, 6) is -0.0392. The van der Waals surface area contributed by atoms with E-state index in [2.05, 4.69) is 16.4 Å². The molecule has 1 heterocycles. The molecule has 1 aromatic carbocycles. The molecule has 3 rings (SSSR count). The molecule has 0 bridgehead atoms. The second-order valence-electron chi connectivity index (χ2n) is 5.59. The van der Waals surface area contributed by atoms with Gasteiger partial charge in [0.15, 0.2) is 0 Å². The molecule has 1 aliphatic rings. The van der Waals surface area contributed by atoms with E-state index in [9.17, 15) is 4.79 Å². The minimum Gasteiger partial charge on any atom is -0.373 e. The van der Waals surface area contributed by atoms with E-state index in [0.29, 0.717) is 6.61 Å². The SMILES string of the molecule is CNC(=O)c1ccc2c(c1)CC(OCc1ccncc1)CC2. The zero-order valence-electron chi connectivity index (χ0n) is 12.7. The largest absolute Gasteiger partial charge is 0.373 e. The van der Waals surface area contributed by atoms with Gasteiger partial charge < -0.3 is 10.1 Å². The average molecular weight is 296 g/mol. The monoisotopic (exact) mass is 296 g/mol. The maximum absolute atomic E-state index is 11.7. The number of aromatic nitrogens is 1. The van der Waals surface area contributed by atoms with Crippen molar-refractivity contribution in [3.05, 3.63) is 65.0 Å². The van der Waals surface area contributed by atoms with Gasteiger partial charge in [-0.25, -0.2) is 0 Å². The van der Waals surface area contributed by atoms with Crippen LogP contribution in [-0.4, -0.2) is 24.0 Å². The Morgan fingerprint density at radius 1 is 1.27 bits per heavy atom. The van der Waals surface area contributed by atoms with Crippen molar-refractivity contribution in [3.63, 3.8) is 0 Å². The van der Waals surface area contributed by atoms with Gasteiger partial charge in [0, 0.05) is 25.0 Å². The van der Waals surface area contributed by atoms with Gasteiger partial charge in [-0.05, 0) is 60.2 Å². The third-order valence-electron chi connectivity index (χ3n) is 4.11. The number of amides is 1. The maximum atomic E-state index is 11.7. The summed E-state index contributed by atoms with van der Waals surface area (Å²) in [6.45, 7) is 0.609. The summed E-state index contributed by atoms with van der Waals surface area (Å²) in [6, 6.07) is 9.91. The first-order valence-electron chi connectivity index (χ1n) is 7.60. The van der Waals surface area contributed by atoms with Gasteiger partial charge in [-0.15, -0.1) is 0 Å². The summed E-state index contributed by atoms with van der Waals surface area (Å²) in [5, 5.41) is 2.67. The molecule has 1 atom stereocenters. The molecular weight excluding hydrogens is 276 g/mol. The van der Waals surface area contributed by atoms with Gasteiger partial charge in [-0.3, -0.25) is 9.78 Å². The molecule has 114 valence electrons. The van der Waals surface area contributed by atoms with Crippen molar-refractivity contribution < 1.29 is 9.53 Å². The highest BCUT2D eigenvalue weighted by molar-refractivity contribution is 5.94. The van der Waals surface area contributed by atoms with E-state index >= 15 is 0 Å². The first-order valence-corrected chi connectivity index (χ1v) is 7.60. The molecule has 0 aliphatic heterocycles. The topological polar surface area (TPSA) is 51.2 Å². The fourth-order valence-electron chi connectivity index (χ4n) is 2.84. The molecule has 1 N–H and O–H groups in total. The van der Waals surface area contributed by atoms with Crippen molar-refractivity contribution in [2.24, 2.45) is 0 Å². The van der Waals surface area contributed by atoms with Crippen molar-refractivity contribution in [1.82, 2.24) is 10.3 Å². The summed E-state index contributed by atoms with van der Waals surface area (Å²) in [7, 11) is 1.66. The summed E-state index contributed by atoms with van der Waals surface area (Å²) < 4.78 is 6.02. The Bertz CT molecular complexity index is 655. The number of hydrogen-bond donors (Lipinski definition) is 1. The van der Waals surface area contributed by atoms with Crippen LogP contribution in [0.25, 0.3) is 0 Å². The fraction of sp³-hybridized carbons (Fsp3) is 0.333. The van der Waals surface area contributed by atoms with Crippen LogP contribution in [0.15, 0.2) is 42.7 Å². The average Bonchev–Trinajstić information content (AvgIpc) is 2.59. The van der Waals surface area contributed by atoms with E-state index in [1.807, 2.05) is 24.3 Å². The number of carbonyl (C=O) groups is 1. The first-order chi connectivity index (χ1) is 10.8. The van der Waals surface area contributed by atoms with Gasteiger partial charge in [-0.1, -0.05) is 6.07 Å². The predicted octanol–water partition coefficient (Wildman–Crippen LogP) is 2.52. The van der Waals surface area contributed by atoms with E-state index in [-0.39, 0.29) is 12.0 Å². The van der Waals surface area contributed by atoms with E-state index in [1.54, 1.807) is 19.4 Å². The molecule has 1 aromatic heterocycles. The smallest absolute Gasteiger partial charge is 0.251 e. The van der Waals surface area contributed by atoms with Crippen LogP contribution in [0.2, 0.25) is 0 Å². The van der Waals surface area contributed by atoms with Gasteiger partial charge in [0.25, 0.3) is 5.91 Å². The molecule has 4 nitrogen and oxygen atoms in total. The number of ether oxygens (including phenoxy) is 1. The second kappa shape index (κ2) is 6.71. The summed E-state index contributed by atoms with van der Waals surface area (Å²) in [6.07, 6.45) is 6.67. The fourth-order valence-corrected chi connectivity index (χ4v) is 2.84. The van der Waals surface area contributed by atoms with E-state index in [4.69, 9.17) is 4.74 Å². The summed E-state index contributed by atoms with van der Waals surface area (Å²) in [4.78, 5) is 15.8. The lowest BCUT2D eigenvalue weighted by Crippen LogP contribution is -2.24. The Hall–Kier alpha value is -2.20. The molecular formula is C18H20N2O2. The van der Waals surface area contributed by atoms with Crippen LogP contribution in [0.1, 0.15) is 33.5 Å². The quantitative estimate of drug-likeness (QED) is 0.943. The van der Waals surface area contributed by atoms with Gasteiger partial charge in [0.2, 0.25) is 0 Å². The molecule has 22 heavy (non-hydrogen) atoms. The minimum absolute atomic E-state index is 0.0392. The Kier molecular flexibility index (Phi) is 4.49. The van der Waals surface area contributed by atoms with Crippen molar-refractivity contribution >= 4 is 5.91 Å². The third kappa shape index (κ3) is 3.34. The molecule has 4 heteroatoms. The number of fused-ring (bicyclic) bond motifs is 1. The molecule has 0 saturated heterocycles. The van der Waals surface area contributed by atoms with Crippen molar-refractivity contribution in [2.75, 3.05) is 7.05 Å². The van der Waals surface area contributed by atoms with Crippen LogP contribution in [-0.2, 0) is 24.2 Å². The summed E-state index contributed by atoms with van der Waals surface area (Å²) >= 11 is 0. The van der Waals surface area contributed by atoms with Crippen LogP contribution in [0.5, 0.6) is 0 Å². The highest BCUT2D eigenvalue weighted by Crippen LogP contribution is 2.25. The third-order valence-corrected chi connectivity index (χ3v) is 4.11. The van der Waals surface area contributed by atoms with E-state index in [1.165, 1.54) is 11.1 Å². The van der Waals surface area contributed by atoms with Crippen molar-refractivity contribution in [3.8, 4) is 0 Å². The molecule has 2 aromatic rings. The zero-order valence-corrected chi connectivity index (χ0v) is 12.7. The minimum atomic E-state index is -0.0392. The highest BCUT2D eigenvalue weighted by Gasteiger charge is 2.20. The van der Waals surface area contributed by atoms with Gasteiger partial charge in [0.1, 0.15) is 0 Å². The van der Waals surface area contributed by atoms with Gasteiger partial charge in [-0.2, -0.15) is 0 Å². The number of hydrogen-bond acceptors (Lipinski definition) is 3. The lowest BCUT2D eigenvalue weighted by Gasteiger charge is -2.25. The number of nitrogens with zero attached hydrogens (tertiary/aromatic N) is 1. The van der Waals surface area contributed by atoms with Crippen LogP contribution < -0.4 is 5.32 Å². The molecule has 1 unspecified atom stereocenters. The Morgan fingerprint density at radius 3 is 2.86 bits per heavy atom. The molecule has 0 fully saturated rings. The zero-order chi connectivity index (χ0) is 15.4. The summed E-state index contributed by atoms with van der Waals surface area (Å²) in [5.41, 5.74) is 4.42. The Balaban J connectivity index is 1.66. The van der Waals surface area contributed by atoms with Crippen LogP contribution in [0.4, 0.5) is 0 Å². The van der Waals surface area contributed by atoms with Gasteiger partial charge >= 0.3 is 0 Å². The lowest BCUT2D eigenvalue weighted by atomic mass is 9.88. The molecule has 1 amide bonds. The molecule has 0 spiro atoms. The van der Waals surface area contributed by atoms with E-state index < -0.39 is 0 Å². The Morgan fingerprint density at radius 2 is 2.09 bits per heavy atom. The predicted molar refractivity (Wildman–Crippen MR) is 84.7 cm³/mol. The number of aryl methyl sites for hydroxylation is 1. The maximum Gasteiger partial charge on any atom is 0.251 e. The number of nitrogens with one attached hydrogen (secondary N) is 1. The number of pyridine rings is 1. The lowest BCUT2D eigenvalue weighted by molar-refractivity contribution is 0.0319. The number of rotatable bonds is 4. The molecule has 0 saturated carbocycles. The molecule has 0 radical (unpaired) electrons. The van der Waals surface area contributed by atoms with Crippen molar-refractivity contribution in [2.45, 2.75) is 32.0 Å². The number of benzene rings is 1. The van der Waals surface area contributed by atoms with Crippen LogP contribution >= 0.6 is 0 Å².